The zero-order valence-electron chi connectivity index (χ0n) is 9.29. The van der Waals surface area contributed by atoms with Crippen LogP contribution in [0.15, 0.2) is 40.9 Å². The van der Waals surface area contributed by atoms with E-state index < -0.39 is 0 Å². The molecule has 0 atom stereocenters. The first-order chi connectivity index (χ1) is 8.56. The molecule has 2 N–H and O–H groups in total. The van der Waals surface area contributed by atoms with Crippen molar-refractivity contribution < 1.29 is 9.13 Å². The summed E-state index contributed by atoms with van der Waals surface area (Å²) in [7, 11) is 0. The zero-order chi connectivity index (χ0) is 13.1. The second kappa shape index (κ2) is 5.59. The molecule has 0 fully saturated rings. The number of nitrogens with two attached hydrogens (primary N) is 1. The molecule has 5 heteroatoms. The third kappa shape index (κ3) is 3.15. The van der Waals surface area contributed by atoms with Gasteiger partial charge in [-0.05, 0) is 45.8 Å². The van der Waals surface area contributed by atoms with Gasteiger partial charge in [0.15, 0.2) is 0 Å². The number of nitrogen functional groups attached to an aromatic ring is 1. The van der Waals surface area contributed by atoms with Crippen LogP contribution in [-0.4, -0.2) is 0 Å². The van der Waals surface area contributed by atoms with Crippen molar-refractivity contribution >= 4 is 33.2 Å². The summed E-state index contributed by atoms with van der Waals surface area (Å²) >= 11 is 8.90. The summed E-state index contributed by atoms with van der Waals surface area (Å²) in [5.41, 5.74) is 7.05. The minimum absolute atomic E-state index is 0.308. The monoisotopic (exact) mass is 329 g/mol. The highest BCUT2D eigenvalue weighted by Crippen LogP contribution is 2.23. The van der Waals surface area contributed by atoms with E-state index in [1.165, 1.54) is 6.07 Å². The molecule has 94 valence electrons. The molecule has 0 amide bonds. The van der Waals surface area contributed by atoms with Crippen LogP contribution in [0.3, 0.4) is 0 Å². The van der Waals surface area contributed by atoms with Crippen LogP contribution in [0, 0.1) is 5.82 Å². The van der Waals surface area contributed by atoms with Gasteiger partial charge >= 0.3 is 0 Å². The van der Waals surface area contributed by atoms with Crippen molar-refractivity contribution in [3.63, 3.8) is 0 Å². The average molecular weight is 331 g/mol. The van der Waals surface area contributed by atoms with Gasteiger partial charge < -0.3 is 10.5 Å². The van der Waals surface area contributed by atoms with Gasteiger partial charge in [0.1, 0.15) is 18.2 Å². The molecule has 18 heavy (non-hydrogen) atoms. The summed E-state index contributed by atoms with van der Waals surface area (Å²) < 4.78 is 19.1. The maximum Gasteiger partial charge on any atom is 0.141 e. The topological polar surface area (TPSA) is 35.2 Å². The lowest BCUT2D eigenvalue weighted by molar-refractivity contribution is 0.304. The minimum atomic E-state index is -0.358. The maximum atomic E-state index is 13.3. The van der Waals surface area contributed by atoms with Gasteiger partial charge in [0.05, 0.1) is 15.2 Å². The normalized spacial score (nSPS) is 10.4. The van der Waals surface area contributed by atoms with Crippen LogP contribution in [0.5, 0.6) is 5.75 Å². The Morgan fingerprint density at radius 3 is 2.67 bits per heavy atom. The number of benzene rings is 2. The van der Waals surface area contributed by atoms with Crippen molar-refractivity contribution in [3.05, 3.63) is 57.3 Å². The van der Waals surface area contributed by atoms with Crippen LogP contribution in [0.25, 0.3) is 0 Å². The number of anilines is 1. The maximum absolute atomic E-state index is 13.3. The second-order valence-corrected chi connectivity index (χ2v) is 4.98. The van der Waals surface area contributed by atoms with Crippen molar-refractivity contribution in [2.45, 2.75) is 6.61 Å². The lowest BCUT2D eigenvalue weighted by atomic mass is 10.2. The molecular weight excluding hydrogens is 321 g/mol. The lowest BCUT2D eigenvalue weighted by Gasteiger charge is -2.08. The second-order valence-electron chi connectivity index (χ2n) is 3.72. The summed E-state index contributed by atoms with van der Waals surface area (Å²) in [5.74, 6) is 0.104. The third-order valence-electron chi connectivity index (χ3n) is 2.36. The van der Waals surface area contributed by atoms with Crippen molar-refractivity contribution in [2.75, 3.05) is 5.73 Å². The van der Waals surface area contributed by atoms with Gasteiger partial charge in [0.25, 0.3) is 0 Å². The Kier molecular flexibility index (Phi) is 4.09. The van der Waals surface area contributed by atoms with Crippen molar-refractivity contribution in [3.8, 4) is 5.75 Å². The van der Waals surface area contributed by atoms with Crippen molar-refractivity contribution in [2.24, 2.45) is 0 Å². The smallest absolute Gasteiger partial charge is 0.141 e. The van der Waals surface area contributed by atoms with Gasteiger partial charge in [0, 0.05) is 6.07 Å². The van der Waals surface area contributed by atoms with E-state index in [1.54, 1.807) is 24.3 Å². The number of hydrogen-bond acceptors (Lipinski definition) is 2. The summed E-state index contributed by atoms with van der Waals surface area (Å²) in [4.78, 5) is 0. The van der Waals surface area contributed by atoms with Gasteiger partial charge in [-0.1, -0.05) is 17.7 Å². The SMILES string of the molecule is Nc1cc(COc2ccc(Br)c(F)c2)ccc1Cl. The fourth-order valence-corrected chi connectivity index (χ4v) is 1.78. The molecule has 0 unspecified atom stereocenters. The van der Waals surface area contributed by atoms with Crippen molar-refractivity contribution in [1.82, 2.24) is 0 Å². The van der Waals surface area contributed by atoms with Crippen LogP contribution in [0.2, 0.25) is 5.02 Å². The summed E-state index contributed by atoms with van der Waals surface area (Å²) in [6, 6.07) is 9.86. The van der Waals surface area contributed by atoms with E-state index in [0.717, 1.165) is 5.56 Å². The van der Waals surface area contributed by atoms with Crippen LogP contribution in [-0.2, 0) is 6.61 Å². The molecule has 2 aromatic carbocycles. The summed E-state index contributed by atoms with van der Waals surface area (Å²) in [5, 5.41) is 0.508. The standard InChI is InChI=1S/C13H10BrClFNO/c14-10-3-2-9(6-12(10)16)18-7-8-1-4-11(15)13(17)5-8/h1-6H,7,17H2. The molecule has 0 spiro atoms. The lowest BCUT2D eigenvalue weighted by Crippen LogP contribution is -1.97. The van der Waals surface area contributed by atoms with Crippen LogP contribution in [0.4, 0.5) is 10.1 Å². The van der Waals surface area contributed by atoms with E-state index in [4.69, 9.17) is 22.1 Å². The highest BCUT2D eigenvalue weighted by molar-refractivity contribution is 9.10. The molecule has 2 aromatic rings. The van der Waals surface area contributed by atoms with Gasteiger partial charge in [-0.25, -0.2) is 4.39 Å². The molecular formula is C13H10BrClFNO. The van der Waals surface area contributed by atoms with E-state index in [-0.39, 0.29) is 5.82 Å². The molecule has 0 aliphatic carbocycles. The molecule has 0 heterocycles. The summed E-state index contributed by atoms with van der Waals surface area (Å²) in [6.07, 6.45) is 0. The zero-order valence-corrected chi connectivity index (χ0v) is 11.6. The molecule has 0 radical (unpaired) electrons. The number of halogens is 3. The van der Waals surface area contributed by atoms with Gasteiger partial charge in [-0.2, -0.15) is 0 Å². The minimum Gasteiger partial charge on any atom is -0.489 e. The quantitative estimate of drug-likeness (QED) is 0.846. The summed E-state index contributed by atoms with van der Waals surface area (Å²) in [6.45, 7) is 0.308. The first kappa shape index (κ1) is 13.2. The number of rotatable bonds is 3. The molecule has 0 bridgehead atoms. The molecule has 0 aliphatic rings. The molecule has 0 aromatic heterocycles. The van der Waals surface area contributed by atoms with Crippen LogP contribution in [0.1, 0.15) is 5.56 Å². The molecule has 0 saturated carbocycles. The van der Waals surface area contributed by atoms with E-state index >= 15 is 0 Å². The van der Waals surface area contributed by atoms with E-state index in [1.807, 2.05) is 6.07 Å². The van der Waals surface area contributed by atoms with Gasteiger partial charge in [-0.3, -0.25) is 0 Å². The molecule has 0 saturated heterocycles. The fraction of sp³-hybridized carbons (Fsp3) is 0.0769. The Hall–Kier alpha value is -1.26. The molecule has 2 nitrogen and oxygen atoms in total. The fourth-order valence-electron chi connectivity index (χ4n) is 1.42. The Labute approximate surface area is 118 Å². The Balaban J connectivity index is 2.06. The molecule has 0 aliphatic heterocycles. The number of hydrogen-bond donors (Lipinski definition) is 1. The Morgan fingerprint density at radius 1 is 1.22 bits per heavy atom. The molecule has 2 rings (SSSR count). The van der Waals surface area contributed by atoms with E-state index in [2.05, 4.69) is 15.9 Å². The Bertz CT molecular complexity index is 525. The predicted octanol–water partition coefficient (Wildman–Crippen LogP) is 4.40. The number of ether oxygens (including phenoxy) is 1. The average Bonchev–Trinajstić information content (AvgIpc) is 2.35. The van der Waals surface area contributed by atoms with E-state index in [9.17, 15) is 4.39 Å². The predicted molar refractivity (Wildman–Crippen MR) is 74.3 cm³/mol. The first-order valence-electron chi connectivity index (χ1n) is 5.18. The van der Waals surface area contributed by atoms with Crippen LogP contribution < -0.4 is 10.5 Å². The first-order valence-corrected chi connectivity index (χ1v) is 6.35. The largest absolute Gasteiger partial charge is 0.489 e. The highest BCUT2D eigenvalue weighted by atomic mass is 79.9. The van der Waals surface area contributed by atoms with E-state index in [0.29, 0.717) is 27.5 Å². The van der Waals surface area contributed by atoms with Crippen molar-refractivity contribution in [1.29, 1.82) is 0 Å². The van der Waals surface area contributed by atoms with Gasteiger partial charge in [0.2, 0.25) is 0 Å². The van der Waals surface area contributed by atoms with Crippen LogP contribution >= 0.6 is 27.5 Å². The third-order valence-corrected chi connectivity index (χ3v) is 3.34. The van der Waals surface area contributed by atoms with Gasteiger partial charge in [-0.15, -0.1) is 0 Å². The Morgan fingerprint density at radius 2 is 2.00 bits per heavy atom. The highest BCUT2D eigenvalue weighted by Gasteiger charge is 2.03.